The molecule has 0 spiro atoms. The van der Waals surface area contributed by atoms with Crippen LogP contribution in [0.5, 0.6) is 11.5 Å². The van der Waals surface area contributed by atoms with Crippen molar-refractivity contribution in [2.45, 2.75) is 25.6 Å². The Morgan fingerprint density at radius 3 is 2.62 bits per heavy atom. The molecule has 1 aliphatic rings. The number of alkyl carbamates (subject to hydrolysis) is 1. The van der Waals surface area contributed by atoms with Gasteiger partial charge in [-0.3, -0.25) is 4.79 Å². The van der Waals surface area contributed by atoms with Crippen molar-refractivity contribution in [3.05, 3.63) is 60.2 Å². The Morgan fingerprint density at radius 2 is 1.84 bits per heavy atom. The van der Waals surface area contributed by atoms with Crippen LogP contribution in [0, 0.1) is 0 Å². The number of ether oxygens (including phenoxy) is 4. The molecular weight excluding hydrogens is 412 g/mol. The van der Waals surface area contributed by atoms with Crippen molar-refractivity contribution in [2.24, 2.45) is 0 Å². The molecule has 1 saturated heterocycles. The third kappa shape index (κ3) is 7.46. The predicted molar refractivity (Wildman–Crippen MR) is 119 cm³/mol. The van der Waals surface area contributed by atoms with Gasteiger partial charge in [0.1, 0.15) is 19.3 Å². The predicted octanol–water partition coefficient (Wildman–Crippen LogP) is 3.01. The van der Waals surface area contributed by atoms with Gasteiger partial charge in [0.2, 0.25) is 5.91 Å². The number of hydrogen-bond donors (Lipinski definition) is 1. The average molecular weight is 443 g/mol. The average Bonchev–Trinajstić information content (AvgIpc) is 2.85. The summed E-state index contributed by atoms with van der Waals surface area (Å²) in [5.74, 6) is 1.34. The number of nitrogens with zero attached hydrogens (tertiary/aromatic N) is 1. The molecule has 8 heteroatoms. The molecule has 0 bridgehead atoms. The second-order valence-electron chi connectivity index (χ2n) is 7.39. The fraction of sp³-hybridized carbons (Fsp3) is 0.417. The number of rotatable bonds is 10. The minimum atomic E-state index is -0.485. The normalized spacial score (nSPS) is 15.7. The highest BCUT2D eigenvalue weighted by atomic mass is 16.6. The van der Waals surface area contributed by atoms with Crippen molar-refractivity contribution in [3.8, 4) is 11.5 Å². The topological polar surface area (TPSA) is 86.3 Å². The zero-order valence-electron chi connectivity index (χ0n) is 18.3. The molecule has 3 rings (SSSR count). The SMILES string of the molecule is COc1ccccc1OC[C@@H]1CN(C(=O)CCCNC(=O)OCc2ccccc2)CCO1. The standard InChI is InChI=1S/C24H30N2O6/c1-29-21-10-5-6-11-22(21)31-18-20-16-26(14-15-30-20)23(27)12-7-13-25-24(28)32-17-19-8-3-2-4-9-19/h2-6,8-11,20H,7,12-18H2,1H3,(H,25,28)/t20-/m0/s1. The van der Waals surface area contributed by atoms with Crippen LogP contribution in [-0.4, -0.2) is 63.0 Å². The van der Waals surface area contributed by atoms with E-state index in [0.717, 1.165) is 5.56 Å². The fourth-order valence-electron chi connectivity index (χ4n) is 3.33. The molecule has 0 saturated carbocycles. The van der Waals surface area contributed by atoms with E-state index in [4.69, 9.17) is 18.9 Å². The summed E-state index contributed by atoms with van der Waals surface area (Å²) in [6.45, 7) is 2.42. The van der Waals surface area contributed by atoms with Crippen LogP contribution in [0.3, 0.4) is 0 Å². The summed E-state index contributed by atoms with van der Waals surface area (Å²) in [6, 6.07) is 16.9. The second kappa shape index (κ2) is 12.6. The number of benzene rings is 2. The lowest BCUT2D eigenvalue weighted by Crippen LogP contribution is -2.47. The zero-order valence-corrected chi connectivity index (χ0v) is 18.3. The maximum Gasteiger partial charge on any atom is 0.407 e. The Kier molecular flexibility index (Phi) is 9.19. The first-order valence-electron chi connectivity index (χ1n) is 10.8. The first-order chi connectivity index (χ1) is 15.7. The van der Waals surface area contributed by atoms with E-state index in [1.165, 1.54) is 0 Å². The van der Waals surface area contributed by atoms with E-state index < -0.39 is 6.09 Å². The van der Waals surface area contributed by atoms with Gasteiger partial charge in [-0.1, -0.05) is 42.5 Å². The van der Waals surface area contributed by atoms with Crippen molar-refractivity contribution in [3.63, 3.8) is 0 Å². The molecule has 0 aliphatic carbocycles. The lowest BCUT2D eigenvalue weighted by Gasteiger charge is -2.33. The summed E-state index contributed by atoms with van der Waals surface area (Å²) >= 11 is 0. The van der Waals surface area contributed by atoms with Gasteiger partial charge in [0, 0.05) is 19.5 Å². The van der Waals surface area contributed by atoms with E-state index in [9.17, 15) is 9.59 Å². The number of amides is 2. The molecule has 0 aromatic heterocycles. The van der Waals surface area contributed by atoms with Crippen LogP contribution >= 0.6 is 0 Å². The molecule has 8 nitrogen and oxygen atoms in total. The van der Waals surface area contributed by atoms with Gasteiger partial charge in [-0.15, -0.1) is 0 Å². The minimum absolute atomic E-state index is 0.0371. The number of nitrogens with one attached hydrogen (secondary N) is 1. The van der Waals surface area contributed by atoms with E-state index in [1.54, 1.807) is 12.0 Å². The summed E-state index contributed by atoms with van der Waals surface area (Å²) in [5, 5.41) is 2.68. The molecule has 1 fully saturated rings. The van der Waals surface area contributed by atoms with Crippen molar-refractivity contribution < 1.29 is 28.5 Å². The van der Waals surface area contributed by atoms with Crippen LogP contribution in [-0.2, 0) is 20.9 Å². The van der Waals surface area contributed by atoms with E-state index in [0.29, 0.717) is 57.2 Å². The Morgan fingerprint density at radius 1 is 1.09 bits per heavy atom. The van der Waals surface area contributed by atoms with Gasteiger partial charge in [-0.05, 0) is 24.1 Å². The Labute approximate surface area is 188 Å². The summed E-state index contributed by atoms with van der Waals surface area (Å²) in [4.78, 5) is 26.1. The molecule has 0 unspecified atom stereocenters. The third-order valence-electron chi connectivity index (χ3n) is 5.03. The first-order valence-corrected chi connectivity index (χ1v) is 10.8. The van der Waals surface area contributed by atoms with Crippen LogP contribution in [0.1, 0.15) is 18.4 Å². The van der Waals surface area contributed by atoms with Gasteiger partial charge in [0.25, 0.3) is 0 Å². The molecule has 172 valence electrons. The van der Waals surface area contributed by atoms with Crippen LogP contribution in [0.25, 0.3) is 0 Å². The Balaban J connectivity index is 1.32. The third-order valence-corrected chi connectivity index (χ3v) is 5.03. The van der Waals surface area contributed by atoms with Gasteiger partial charge >= 0.3 is 6.09 Å². The van der Waals surface area contributed by atoms with Crippen molar-refractivity contribution >= 4 is 12.0 Å². The Hall–Kier alpha value is -3.26. The van der Waals surface area contributed by atoms with Gasteiger partial charge in [0.05, 0.1) is 20.3 Å². The van der Waals surface area contributed by atoms with Gasteiger partial charge in [-0.2, -0.15) is 0 Å². The number of hydrogen-bond acceptors (Lipinski definition) is 6. The van der Waals surface area contributed by atoms with Gasteiger partial charge in [0.15, 0.2) is 11.5 Å². The molecule has 2 amide bonds. The van der Waals surface area contributed by atoms with Crippen molar-refractivity contribution in [1.82, 2.24) is 10.2 Å². The number of morpholine rings is 1. The smallest absolute Gasteiger partial charge is 0.407 e. The van der Waals surface area contributed by atoms with Crippen LogP contribution in [0.15, 0.2) is 54.6 Å². The first kappa shape index (κ1) is 23.4. The van der Waals surface area contributed by atoms with Crippen molar-refractivity contribution in [1.29, 1.82) is 0 Å². The summed E-state index contributed by atoms with van der Waals surface area (Å²) < 4.78 is 22.0. The van der Waals surface area contributed by atoms with E-state index >= 15 is 0 Å². The lowest BCUT2D eigenvalue weighted by atomic mass is 10.2. The molecule has 1 heterocycles. The van der Waals surface area contributed by atoms with Crippen LogP contribution in [0.4, 0.5) is 4.79 Å². The number of carbonyl (C=O) groups excluding carboxylic acids is 2. The Bertz CT molecular complexity index is 861. The van der Waals surface area contributed by atoms with Gasteiger partial charge in [-0.25, -0.2) is 4.79 Å². The molecule has 0 radical (unpaired) electrons. The highest BCUT2D eigenvalue weighted by Crippen LogP contribution is 2.26. The zero-order chi connectivity index (χ0) is 22.6. The molecular formula is C24H30N2O6. The summed E-state index contributed by atoms with van der Waals surface area (Å²) in [7, 11) is 1.59. The fourth-order valence-corrected chi connectivity index (χ4v) is 3.33. The summed E-state index contributed by atoms with van der Waals surface area (Å²) in [5.41, 5.74) is 0.925. The van der Waals surface area contributed by atoms with E-state index in [-0.39, 0.29) is 18.6 Å². The molecule has 1 aliphatic heterocycles. The molecule has 1 atom stereocenters. The second-order valence-corrected chi connectivity index (χ2v) is 7.39. The molecule has 1 N–H and O–H groups in total. The van der Waals surface area contributed by atoms with Crippen LogP contribution in [0.2, 0.25) is 0 Å². The summed E-state index contributed by atoms with van der Waals surface area (Å²) in [6.07, 6.45) is 0.197. The lowest BCUT2D eigenvalue weighted by molar-refractivity contribution is -0.140. The number of carbonyl (C=O) groups is 2. The van der Waals surface area contributed by atoms with Crippen molar-refractivity contribution in [2.75, 3.05) is 40.0 Å². The molecule has 2 aromatic rings. The molecule has 2 aromatic carbocycles. The largest absolute Gasteiger partial charge is 0.493 e. The highest BCUT2D eigenvalue weighted by Gasteiger charge is 2.24. The maximum atomic E-state index is 12.5. The maximum absolute atomic E-state index is 12.5. The highest BCUT2D eigenvalue weighted by molar-refractivity contribution is 5.76. The quantitative estimate of drug-likeness (QED) is 0.570. The van der Waals surface area contributed by atoms with Gasteiger partial charge < -0.3 is 29.2 Å². The number of methoxy groups -OCH3 is 1. The van der Waals surface area contributed by atoms with E-state index in [2.05, 4.69) is 5.32 Å². The molecule has 32 heavy (non-hydrogen) atoms. The van der Waals surface area contributed by atoms with E-state index in [1.807, 2.05) is 54.6 Å². The number of para-hydroxylation sites is 2. The monoisotopic (exact) mass is 442 g/mol. The van der Waals surface area contributed by atoms with Crippen LogP contribution < -0.4 is 14.8 Å². The minimum Gasteiger partial charge on any atom is -0.493 e.